The molecule has 0 spiro atoms. The molecule has 3 aliphatic rings. The van der Waals surface area contributed by atoms with Crippen molar-refractivity contribution in [2.75, 3.05) is 50.9 Å². The van der Waals surface area contributed by atoms with Crippen LogP contribution in [0.2, 0.25) is 0 Å². The Hall–Kier alpha value is -2.73. The summed E-state index contributed by atoms with van der Waals surface area (Å²) < 4.78 is 26.0. The molecule has 1 saturated carbocycles. The number of hydrogen-bond donors (Lipinski definition) is 2. The van der Waals surface area contributed by atoms with Crippen molar-refractivity contribution in [1.29, 1.82) is 0 Å². The first-order valence-electron chi connectivity index (χ1n) is 15.7. The molecule has 3 aromatic rings. The molecular formula is C34H43ClFN5O3S. The summed E-state index contributed by atoms with van der Waals surface area (Å²) in [5.74, 6) is 2.02. The highest BCUT2D eigenvalue weighted by atomic mass is 35.5. The van der Waals surface area contributed by atoms with Crippen molar-refractivity contribution in [2.24, 2.45) is 5.73 Å². The number of pyridine rings is 1. The minimum atomic E-state index is -0.585. The van der Waals surface area contributed by atoms with Gasteiger partial charge in [0.1, 0.15) is 17.1 Å². The second-order valence-corrected chi connectivity index (χ2v) is 13.2. The van der Waals surface area contributed by atoms with Crippen LogP contribution < -0.4 is 15.8 Å². The first-order chi connectivity index (χ1) is 21.5. The molecule has 1 aliphatic carbocycles. The zero-order chi connectivity index (χ0) is 30.3. The van der Waals surface area contributed by atoms with Crippen LogP contribution in [-0.2, 0) is 17.8 Å². The smallest absolute Gasteiger partial charge is 0.257 e. The fourth-order valence-corrected chi connectivity index (χ4v) is 7.19. The molecule has 3 fully saturated rings. The van der Waals surface area contributed by atoms with E-state index in [-0.39, 0.29) is 41.8 Å². The molecule has 2 aliphatic heterocycles. The lowest BCUT2D eigenvalue weighted by Crippen LogP contribution is -2.40. The van der Waals surface area contributed by atoms with Gasteiger partial charge in [-0.1, -0.05) is 30.3 Å². The van der Waals surface area contributed by atoms with Crippen molar-refractivity contribution in [1.82, 2.24) is 20.1 Å². The number of amides is 1. The van der Waals surface area contributed by atoms with Crippen LogP contribution in [0.15, 0.2) is 54.7 Å². The molecule has 45 heavy (non-hydrogen) atoms. The van der Waals surface area contributed by atoms with Gasteiger partial charge in [0.05, 0.1) is 19.4 Å². The first kappa shape index (κ1) is 33.6. The molecule has 0 atom stereocenters. The second-order valence-electron chi connectivity index (χ2n) is 12.0. The van der Waals surface area contributed by atoms with Crippen molar-refractivity contribution < 1.29 is 18.7 Å². The monoisotopic (exact) mass is 655 g/mol. The Labute approximate surface area is 275 Å². The number of carbonyl (C=O) groups excluding carboxylic acids is 1. The molecule has 11 heteroatoms. The standard InChI is InChI=1S/C34H42FN5O3S.ClH/c35-27-20-32(33(41)38-29-7-5-28(36)6-8-29)34(37-21-27)43-30-3-1-2-25(19-30)31-9-4-24(22-40-12-16-44-17-13-40)18-26(31)23-39-10-14-42-15-11-39;/h1-4,9,18-21,28-29H,5-8,10-17,22-23,36H2,(H,38,41);1H/t28-,29-;. The van der Waals surface area contributed by atoms with Crippen molar-refractivity contribution in [3.63, 3.8) is 0 Å². The average molecular weight is 656 g/mol. The van der Waals surface area contributed by atoms with Gasteiger partial charge in [0.2, 0.25) is 5.88 Å². The molecule has 0 radical (unpaired) electrons. The van der Waals surface area contributed by atoms with Gasteiger partial charge in [-0.05, 0) is 66.1 Å². The largest absolute Gasteiger partial charge is 0.438 e. The number of aromatic nitrogens is 1. The zero-order valence-electron chi connectivity index (χ0n) is 25.6. The normalized spacial score (nSPS) is 21.1. The lowest BCUT2D eigenvalue weighted by atomic mass is 9.91. The van der Waals surface area contributed by atoms with E-state index in [0.717, 1.165) is 95.5 Å². The predicted octanol–water partition coefficient (Wildman–Crippen LogP) is 5.48. The van der Waals surface area contributed by atoms with Gasteiger partial charge in [0, 0.05) is 62.9 Å². The minimum absolute atomic E-state index is 0. The Balaban J connectivity index is 0.00000400. The molecular weight excluding hydrogens is 613 g/mol. The number of nitrogens with two attached hydrogens (primary N) is 1. The number of carbonyl (C=O) groups is 1. The molecule has 8 nitrogen and oxygen atoms in total. The zero-order valence-corrected chi connectivity index (χ0v) is 27.2. The van der Waals surface area contributed by atoms with E-state index in [4.69, 9.17) is 15.2 Å². The van der Waals surface area contributed by atoms with Crippen LogP contribution in [0.25, 0.3) is 11.1 Å². The van der Waals surface area contributed by atoms with Gasteiger partial charge in [-0.3, -0.25) is 14.6 Å². The SMILES string of the molecule is Cl.N[C@H]1CC[C@H](NC(=O)c2cc(F)cnc2Oc2cccc(-c3ccc(CN4CCSCC4)cc3CN3CCOCC3)c2)CC1. The first-order valence-corrected chi connectivity index (χ1v) is 16.9. The third kappa shape index (κ3) is 9.18. The molecule has 6 rings (SSSR count). The highest BCUT2D eigenvalue weighted by molar-refractivity contribution is 7.99. The van der Waals surface area contributed by atoms with Gasteiger partial charge in [0.25, 0.3) is 5.91 Å². The van der Waals surface area contributed by atoms with Gasteiger partial charge in [0.15, 0.2) is 0 Å². The van der Waals surface area contributed by atoms with Gasteiger partial charge in [-0.15, -0.1) is 12.4 Å². The minimum Gasteiger partial charge on any atom is -0.438 e. The third-order valence-electron chi connectivity index (χ3n) is 8.71. The molecule has 1 aromatic heterocycles. The van der Waals surface area contributed by atoms with Crippen molar-refractivity contribution in [3.05, 3.63) is 77.2 Å². The van der Waals surface area contributed by atoms with Crippen LogP contribution in [0.1, 0.15) is 47.2 Å². The van der Waals surface area contributed by atoms with Gasteiger partial charge >= 0.3 is 0 Å². The number of morpholine rings is 1. The van der Waals surface area contributed by atoms with Gasteiger partial charge in [-0.2, -0.15) is 11.8 Å². The van der Waals surface area contributed by atoms with E-state index in [2.05, 4.69) is 44.4 Å². The van der Waals surface area contributed by atoms with Crippen molar-refractivity contribution >= 4 is 30.1 Å². The fourth-order valence-electron chi connectivity index (χ4n) is 6.21. The lowest BCUT2D eigenvalue weighted by molar-refractivity contribution is 0.0342. The topological polar surface area (TPSA) is 92.9 Å². The average Bonchev–Trinajstić information content (AvgIpc) is 3.04. The van der Waals surface area contributed by atoms with Crippen LogP contribution >= 0.6 is 24.2 Å². The number of ether oxygens (including phenoxy) is 2. The number of halogens is 2. The summed E-state index contributed by atoms with van der Waals surface area (Å²) in [5.41, 5.74) is 10.8. The van der Waals surface area contributed by atoms with E-state index >= 15 is 0 Å². The molecule has 0 unspecified atom stereocenters. The highest BCUT2D eigenvalue weighted by Crippen LogP contribution is 2.32. The predicted molar refractivity (Wildman–Crippen MR) is 180 cm³/mol. The molecule has 242 valence electrons. The van der Waals surface area contributed by atoms with E-state index < -0.39 is 5.82 Å². The van der Waals surface area contributed by atoms with E-state index in [1.807, 2.05) is 30.0 Å². The molecule has 2 aromatic carbocycles. The molecule has 0 bridgehead atoms. The van der Waals surface area contributed by atoms with Gasteiger partial charge < -0.3 is 20.5 Å². The number of rotatable bonds is 9. The summed E-state index contributed by atoms with van der Waals surface area (Å²) in [5, 5.41) is 3.03. The number of nitrogens with one attached hydrogen (secondary N) is 1. The molecule has 3 heterocycles. The quantitative estimate of drug-likeness (QED) is 0.313. The number of hydrogen-bond acceptors (Lipinski definition) is 8. The Bertz CT molecular complexity index is 1430. The number of thioether (sulfide) groups is 1. The molecule has 2 saturated heterocycles. The number of benzene rings is 2. The van der Waals surface area contributed by atoms with E-state index in [0.29, 0.717) is 5.75 Å². The summed E-state index contributed by atoms with van der Waals surface area (Å²) in [6, 6.07) is 16.0. The summed E-state index contributed by atoms with van der Waals surface area (Å²) in [7, 11) is 0. The van der Waals surface area contributed by atoms with E-state index in [9.17, 15) is 9.18 Å². The maximum absolute atomic E-state index is 14.2. The third-order valence-corrected chi connectivity index (χ3v) is 9.65. The van der Waals surface area contributed by atoms with Crippen molar-refractivity contribution in [2.45, 2.75) is 50.9 Å². The second kappa shape index (κ2) is 16.2. The fraction of sp³-hybridized carbons (Fsp3) is 0.471. The summed E-state index contributed by atoms with van der Waals surface area (Å²) in [6.45, 7) is 7.35. The summed E-state index contributed by atoms with van der Waals surface area (Å²) in [4.78, 5) is 22.3. The van der Waals surface area contributed by atoms with Gasteiger partial charge in [-0.25, -0.2) is 9.37 Å². The van der Waals surface area contributed by atoms with Crippen LogP contribution in [0.3, 0.4) is 0 Å². The van der Waals surface area contributed by atoms with Crippen molar-refractivity contribution in [3.8, 4) is 22.8 Å². The Kier molecular flexibility index (Phi) is 12.1. The van der Waals surface area contributed by atoms with E-state index in [1.165, 1.54) is 28.7 Å². The summed E-state index contributed by atoms with van der Waals surface area (Å²) >= 11 is 2.03. The molecule has 1 amide bonds. The maximum Gasteiger partial charge on any atom is 0.257 e. The Morgan fingerprint density at radius 3 is 2.53 bits per heavy atom. The Morgan fingerprint density at radius 2 is 1.76 bits per heavy atom. The van der Waals surface area contributed by atoms with E-state index in [1.54, 1.807) is 0 Å². The number of nitrogens with zero attached hydrogens (tertiary/aromatic N) is 3. The summed E-state index contributed by atoms with van der Waals surface area (Å²) in [6.07, 6.45) is 4.39. The maximum atomic E-state index is 14.2. The van der Waals surface area contributed by atoms with Crippen LogP contribution in [-0.4, -0.2) is 83.7 Å². The van der Waals surface area contributed by atoms with Crippen LogP contribution in [0, 0.1) is 5.82 Å². The van der Waals surface area contributed by atoms with Crippen LogP contribution in [0.5, 0.6) is 11.6 Å². The molecule has 3 N–H and O–H groups in total. The highest BCUT2D eigenvalue weighted by Gasteiger charge is 2.24. The lowest BCUT2D eigenvalue weighted by Gasteiger charge is -2.29. The van der Waals surface area contributed by atoms with Crippen LogP contribution in [0.4, 0.5) is 4.39 Å². The Morgan fingerprint density at radius 1 is 1.00 bits per heavy atom.